The van der Waals surface area contributed by atoms with Crippen LogP contribution < -0.4 is 10.7 Å². The van der Waals surface area contributed by atoms with Gasteiger partial charge < -0.3 is 9.73 Å². The van der Waals surface area contributed by atoms with E-state index in [0.29, 0.717) is 0 Å². The van der Waals surface area contributed by atoms with E-state index in [9.17, 15) is 4.79 Å². The minimum absolute atomic E-state index is 0.111. The van der Waals surface area contributed by atoms with Gasteiger partial charge in [-0.25, -0.2) is 5.43 Å². The summed E-state index contributed by atoms with van der Waals surface area (Å²) < 4.78 is 5.15. The molecular weight excluding hydrogens is 350 g/mol. The minimum atomic E-state index is -0.337. The number of benzene rings is 2. The molecule has 1 saturated heterocycles. The van der Waals surface area contributed by atoms with Crippen molar-refractivity contribution in [2.75, 3.05) is 0 Å². The van der Waals surface area contributed by atoms with E-state index < -0.39 is 0 Å². The highest BCUT2D eigenvalue weighted by molar-refractivity contribution is 5.94. The van der Waals surface area contributed by atoms with Crippen LogP contribution in [0.2, 0.25) is 0 Å². The largest absolute Gasteiger partial charge is 0.459 e. The van der Waals surface area contributed by atoms with Crippen molar-refractivity contribution in [2.45, 2.75) is 25.4 Å². The van der Waals surface area contributed by atoms with Gasteiger partial charge in [0.05, 0.1) is 6.26 Å². The zero-order valence-corrected chi connectivity index (χ0v) is 15.7. The maximum absolute atomic E-state index is 12.2. The Labute approximate surface area is 164 Å². The van der Waals surface area contributed by atoms with Crippen LogP contribution in [0.4, 0.5) is 0 Å². The molecule has 1 aliphatic heterocycles. The van der Waals surface area contributed by atoms with Crippen molar-refractivity contribution in [1.29, 1.82) is 0 Å². The summed E-state index contributed by atoms with van der Waals surface area (Å²) >= 11 is 0. The molecule has 2 heterocycles. The Morgan fingerprint density at radius 2 is 1.68 bits per heavy atom. The molecule has 142 valence electrons. The molecule has 4 rings (SSSR count). The van der Waals surface area contributed by atoms with Gasteiger partial charge in [-0.15, -0.1) is 0 Å². The molecular formula is C23H23N3O2. The van der Waals surface area contributed by atoms with Crippen LogP contribution in [0.25, 0.3) is 0 Å². The number of furan rings is 1. The summed E-state index contributed by atoms with van der Waals surface area (Å²) in [6.07, 6.45) is 2.21. The summed E-state index contributed by atoms with van der Waals surface area (Å²) in [5, 5.41) is 8.26. The molecule has 1 aromatic heterocycles. The molecule has 0 bridgehead atoms. The van der Waals surface area contributed by atoms with E-state index in [0.717, 1.165) is 12.1 Å². The Bertz CT molecular complexity index is 937. The molecule has 3 atom stereocenters. The second-order valence-electron chi connectivity index (χ2n) is 7.03. The summed E-state index contributed by atoms with van der Waals surface area (Å²) in [4.78, 5) is 12.2. The summed E-state index contributed by atoms with van der Waals surface area (Å²) in [6.45, 7) is 2.14. The van der Waals surface area contributed by atoms with Crippen molar-refractivity contribution in [2.24, 2.45) is 11.0 Å². The van der Waals surface area contributed by atoms with Gasteiger partial charge in [-0.3, -0.25) is 4.79 Å². The molecule has 1 aliphatic rings. The average Bonchev–Trinajstić information content (AvgIpc) is 3.29. The van der Waals surface area contributed by atoms with E-state index in [4.69, 9.17) is 4.42 Å². The third-order valence-electron chi connectivity index (χ3n) is 5.23. The highest BCUT2D eigenvalue weighted by atomic mass is 16.3. The van der Waals surface area contributed by atoms with E-state index in [1.807, 2.05) is 36.4 Å². The minimum Gasteiger partial charge on any atom is -0.459 e. The van der Waals surface area contributed by atoms with Crippen LogP contribution in [0.5, 0.6) is 0 Å². The highest BCUT2D eigenvalue weighted by Gasteiger charge is 2.33. The van der Waals surface area contributed by atoms with E-state index in [2.05, 4.69) is 47.0 Å². The van der Waals surface area contributed by atoms with E-state index in [1.165, 1.54) is 17.4 Å². The second-order valence-corrected chi connectivity index (χ2v) is 7.03. The maximum Gasteiger partial charge on any atom is 0.307 e. The predicted molar refractivity (Wildman–Crippen MR) is 109 cm³/mol. The molecule has 5 heteroatoms. The van der Waals surface area contributed by atoms with Crippen LogP contribution in [0.3, 0.4) is 0 Å². The number of carbonyl (C=O) groups is 1. The van der Waals surface area contributed by atoms with Gasteiger partial charge in [0, 0.05) is 30.1 Å². The number of amides is 1. The van der Waals surface area contributed by atoms with Crippen molar-refractivity contribution in [1.82, 2.24) is 10.7 Å². The number of nitrogens with zero attached hydrogens (tertiary/aromatic N) is 1. The molecule has 2 N–H and O–H groups in total. The van der Waals surface area contributed by atoms with Crippen molar-refractivity contribution in [3.8, 4) is 0 Å². The lowest BCUT2D eigenvalue weighted by Gasteiger charge is -2.37. The number of hydrogen-bond donors (Lipinski definition) is 2. The Balaban J connectivity index is 1.62. The Hall–Kier alpha value is -3.18. The Morgan fingerprint density at radius 3 is 2.32 bits per heavy atom. The normalized spacial score (nSPS) is 23.5. The summed E-state index contributed by atoms with van der Waals surface area (Å²) in [5.41, 5.74) is 6.03. The zero-order chi connectivity index (χ0) is 19.3. The van der Waals surface area contributed by atoms with Crippen LogP contribution >= 0.6 is 0 Å². The van der Waals surface area contributed by atoms with Gasteiger partial charge in [-0.1, -0.05) is 67.6 Å². The molecule has 0 spiro atoms. The van der Waals surface area contributed by atoms with Gasteiger partial charge in [0.2, 0.25) is 0 Å². The standard InChI is InChI=1S/C23H23N3O2/c1-16-19(25-26-23(27)21-13-8-14-28-21)15-20(17-9-4-2-5-10-17)24-22(16)18-11-6-3-7-12-18/h2-14,16,20,22,24H,15H2,1H3,(H,26,27)/b25-19+. The Morgan fingerprint density at radius 1 is 1.00 bits per heavy atom. The number of nitrogens with one attached hydrogen (secondary N) is 2. The molecule has 1 amide bonds. The number of rotatable bonds is 4. The van der Waals surface area contributed by atoms with Gasteiger partial charge in [-0.05, 0) is 23.3 Å². The molecule has 0 saturated carbocycles. The summed E-state index contributed by atoms with van der Waals surface area (Å²) in [6, 6.07) is 24.3. The third kappa shape index (κ3) is 3.89. The first-order valence-corrected chi connectivity index (χ1v) is 9.48. The Kier molecular flexibility index (Phi) is 5.35. The average molecular weight is 373 g/mol. The monoisotopic (exact) mass is 373 g/mol. The smallest absolute Gasteiger partial charge is 0.307 e. The lowest BCUT2D eigenvalue weighted by atomic mass is 9.81. The number of carbonyl (C=O) groups excluding carboxylic acids is 1. The predicted octanol–water partition coefficient (Wildman–Crippen LogP) is 4.48. The van der Waals surface area contributed by atoms with Gasteiger partial charge in [0.15, 0.2) is 5.76 Å². The first kappa shape index (κ1) is 18.2. The van der Waals surface area contributed by atoms with Crippen molar-refractivity contribution < 1.29 is 9.21 Å². The topological polar surface area (TPSA) is 66.6 Å². The second kappa shape index (κ2) is 8.23. The van der Waals surface area contributed by atoms with Gasteiger partial charge in [0.25, 0.3) is 0 Å². The molecule has 3 unspecified atom stereocenters. The molecule has 28 heavy (non-hydrogen) atoms. The molecule has 1 fully saturated rings. The molecule has 2 aromatic carbocycles. The summed E-state index contributed by atoms with van der Waals surface area (Å²) in [7, 11) is 0. The number of hydrazone groups is 1. The molecule has 5 nitrogen and oxygen atoms in total. The van der Waals surface area contributed by atoms with E-state index in [-0.39, 0.29) is 29.7 Å². The molecule has 0 aliphatic carbocycles. The van der Waals surface area contributed by atoms with Gasteiger partial charge in [-0.2, -0.15) is 5.10 Å². The first-order valence-electron chi connectivity index (χ1n) is 9.48. The quantitative estimate of drug-likeness (QED) is 0.663. The molecule has 0 radical (unpaired) electrons. The van der Waals surface area contributed by atoms with E-state index >= 15 is 0 Å². The van der Waals surface area contributed by atoms with Crippen molar-refractivity contribution in [3.63, 3.8) is 0 Å². The van der Waals surface area contributed by atoms with Gasteiger partial charge >= 0.3 is 5.91 Å². The fraction of sp³-hybridized carbons (Fsp3) is 0.217. The fourth-order valence-corrected chi connectivity index (χ4v) is 3.69. The maximum atomic E-state index is 12.2. The van der Waals surface area contributed by atoms with Crippen LogP contribution in [0, 0.1) is 5.92 Å². The van der Waals surface area contributed by atoms with E-state index in [1.54, 1.807) is 12.1 Å². The van der Waals surface area contributed by atoms with Crippen molar-refractivity contribution in [3.05, 3.63) is 95.9 Å². The molecule has 3 aromatic rings. The number of hydrogen-bond acceptors (Lipinski definition) is 4. The number of piperidine rings is 1. The van der Waals surface area contributed by atoms with Gasteiger partial charge in [0.1, 0.15) is 0 Å². The zero-order valence-electron chi connectivity index (χ0n) is 15.7. The fourth-order valence-electron chi connectivity index (χ4n) is 3.69. The third-order valence-corrected chi connectivity index (χ3v) is 5.23. The van der Waals surface area contributed by atoms with Crippen LogP contribution in [0.15, 0.2) is 88.6 Å². The summed E-state index contributed by atoms with van der Waals surface area (Å²) in [5.74, 6) is 0.0557. The first-order chi connectivity index (χ1) is 13.7. The van der Waals surface area contributed by atoms with Crippen molar-refractivity contribution >= 4 is 11.6 Å². The SMILES string of the molecule is CC1/C(=N/NC(=O)c2ccco2)CC(c2ccccc2)NC1c1ccccc1. The van der Waals surface area contributed by atoms with Crippen LogP contribution in [0.1, 0.15) is 47.1 Å². The lowest BCUT2D eigenvalue weighted by Crippen LogP contribution is -2.42. The lowest BCUT2D eigenvalue weighted by molar-refractivity contribution is 0.0926. The highest BCUT2D eigenvalue weighted by Crippen LogP contribution is 2.35. The van der Waals surface area contributed by atoms with Crippen LogP contribution in [-0.4, -0.2) is 11.6 Å². The van der Waals surface area contributed by atoms with Crippen LogP contribution in [-0.2, 0) is 0 Å².